The van der Waals surface area contributed by atoms with Crippen LogP contribution in [0.2, 0.25) is 0 Å². The first-order valence-corrected chi connectivity index (χ1v) is 7.37. The van der Waals surface area contributed by atoms with Crippen molar-refractivity contribution < 1.29 is 14.3 Å². The molecule has 0 radical (unpaired) electrons. The topological polar surface area (TPSA) is 50.8 Å². The maximum atomic E-state index is 11.8. The third kappa shape index (κ3) is 3.86. The fraction of sp³-hybridized carbons (Fsp3) is 0.500. The van der Waals surface area contributed by atoms with Crippen molar-refractivity contribution in [3.8, 4) is 5.75 Å². The van der Waals surface area contributed by atoms with Crippen LogP contribution in [0, 0.1) is 0 Å². The number of anilines is 1. The van der Waals surface area contributed by atoms with E-state index in [4.69, 9.17) is 9.47 Å². The van der Waals surface area contributed by atoms with Gasteiger partial charge in [0.1, 0.15) is 12.4 Å². The SMILES string of the molecule is COc1ccc(NC(=O)OC[C@@H]2CCCN2C)c(Br)c1. The van der Waals surface area contributed by atoms with E-state index >= 15 is 0 Å². The van der Waals surface area contributed by atoms with Crippen LogP contribution in [0.3, 0.4) is 0 Å². The van der Waals surface area contributed by atoms with Crippen LogP contribution in [0.25, 0.3) is 0 Å². The second kappa shape index (κ2) is 6.95. The predicted molar refractivity (Wildman–Crippen MR) is 81.3 cm³/mol. The average molecular weight is 343 g/mol. The second-order valence-electron chi connectivity index (χ2n) is 4.85. The molecule has 1 heterocycles. The molecule has 1 amide bonds. The molecule has 5 nitrogen and oxygen atoms in total. The van der Waals surface area contributed by atoms with E-state index in [1.807, 2.05) is 0 Å². The molecule has 0 unspecified atom stereocenters. The number of carbonyl (C=O) groups excluding carboxylic acids is 1. The van der Waals surface area contributed by atoms with E-state index in [1.54, 1.807) is 25.3 Å². The molecule has 0 aromatic heterocycles. The predicted octanol–water partition coefficient (Wildman–Crippen LogP) is 3.10. The zero-order chi connectivity index (χ0) is 14.5. The highest BCUT2D eigenvalue weighted by Crippen LogP contribution is 2.27. The zero-order valence-electron chi connectivity index (χ0n) is 11.7. The molecule has 0 saturated carbocycles. The summed E-state index contributed by atoms with van der Waals surface area (Å²) in [6.07, 6.45) is 1.81. The summed E-state index contributed by atoms with van der Waals surface area (Å²) in [4.78, 5) is 14.0. The molecule has 110 valence electrons. The minimum absolute atomic E-state index is 0.333. The van der Waals surface area contributed by atoms with Crippen LogP contribution in [0.4, 0.5) is 10.5 Å². The number of nitrogens with one attached hydrogen (secondary N) is 1. The van der Waals surface area contributed by atoms with E-state index in [0.717, 1.165) is 29.6 Å². The Morgan fingerprint density at radius 3 is 2.95 bits per heavy atom. The number of benzene rings is 1. The quantitative estimate of drug-likeness (QED) is 0.913. The van der Waals surface area contributed by atoms with Crippen molar-refractivity contribution in [1.82, 2.24) is 4.90 Å². The van der Waals surface area contributed by atoms with Crippen LogP contribution >= 0.6 is 15.9 Å². The number of amides is 1. The highest BCUT2D eigenvalue weighted by atomic mass is 79.9. The van der Waals surface area contributed by atoms with Crippen molar-refractivity contribution in [3.63, 3.8) is 0 Å². The van der Waals surface area contributed by atoms with E-state index < -0.39 is 6.09 Å². The molecule has 0 aliphatic carbocycles. The summed E-state index contributed by atoms with van der Waals surface area (Å²) >= 11 is 3.38. The smallest absolute Gasteiger partial charge is 0.411 e. The molecule has 1 aliphatic rings. The third-order valence-corrected chi connectivity index (χ3v) is 4.15. The molecule has 0 spiro atoms. The summed E-state index contributed by atoms with van der Waals surface area (Å²) in [5.41, 5.74) is 0.663. The molecule has 0 bridgehead atoms. The van der Waals surface area contributed by atoms with Crippen LogP contribution in [0.5, 0.6) is 5.75 Å². The van der Waals surface area contributed by atoms with Gasteiger partial charge in [-0.2, -0.15) is 0 Å². The van der Waals surface area contributed by atoms with Crippen LogP contribution in [-0.4, -0.2) is 44.3 Å². The fourth-order valence-corrected chi connectivity index (χ4v) is 2.69. The first-order chi connectivity index (χ1) is 9.60. The molecule has 1 aliphatic heterocycles. The van der Waals surface area contributed by atoms with E-state index in [9.17, 15) is 4.79 Å². The average Bonchev–Trinajstić information content (AvgIpc) is 2.84. The molecular formula is C14H19BrN2O3. The van der Waals surface area contributed by atoms with Crippen LogP contribution < -0.4 is 10.1 Å². The molecule has 20 heavy (non-hydrogen) atoms. The Morgan fingerprint density at radius 2 is 2.35 bits per heavy atom. The molecular weight excluding hydrogens is 324 g/mol. The van der Waals surface area contributed by atoms with Gasteiger partial charge in [0.2, 0.25) is 0 Å². The van der Waals surface area contributed by atoms with Crippen LogP contribution in [0.1, 0.15) is 12.8 Å². The van der Waals surface area contributed by atoms with Gasteiger partial charge in [-0.15, -0.1) is 0 Å². The first kappa shape index (κ1) is 15.1. The lowest BCUT2D eigenvalue weighted by Gasteiger charge is -2.19. The Balaban J connectivity index is 1.85. The third-order valence-electron chi connectivity index (χ3n) is 3.49. The van der Waals surface area contributed by atoms with Gasteiger partial charge in [0.05, 0.1) is 12.8 Å². The summed E-state index contributed by atoms with van der Waals surface area (Å²) in [6, 6.07) is 5.68. The van der Waals surface area contributed by atoms with Crippen LogP contribution in [-0.2, 0) is 4.74 Å². The monoisotopic (exact) mass is 342 g/mol. The minimum atomic E-state index is -0.434. The van der Waals surface area contributed by atoms with Crippen molar-refractivity contribution in [2.24, 2.45) is 0 Å². The zero-order valence-corrected chi connectivity index (χ0v) is 13.3. The molecule has 1 aromatic carbocycles. The number of hydrogen-bond donors (Lipinski definition) is 1. The number of methoxy groups -OCH3 is 1. The van der Waals surface area contributed by atoms with Crippen molar-refractivity contribution in [2.45, 2.75) is 18.9 Å². The van der Waals surface area contributed by atoms with Gasteiger partial charge < -0.3 is 14.4 Å². The molecule has 1 saturated heterocycles. The maximum absolute atomic E-state index is 11.8. The summed E-state index contributed by atoms with van der Waals surface area (Å²) in [5, 5.41) is 2.72. The highest BCUT2D eigenvalue weighted by molar-refractivity contribution is 9.10. The van der Waals surface area contributed by atoms with Gasteiger partial charge in [-0.05, 0) is 60.6 Å². The van der Waals surface area contributed by atoms with E-state index in [-0.39, 0.29) is 0 Å². The van der Waals surface area contributed by atoms with Gasteiger partial charge in [-0.25, -0.2) is 4.79 Å². The highest BCUT2D eigenvalue weighted by Gasteiger charge is 2.22. The lowest BCUT2D eigenvalue weighted by molar-refractivity contribution is 0.127. The minimum Gasteiger partial charge on any atom is -0.497 e. The number of ether oxygens (including phenoxy) is 2. The summed E-state index contributed by atoms with van der Waals surface area (Å²) < 4.78 is 11.1. The Kier molecular flexibility index (Phi) is 5.25. The van der Waals surface area contributed by atoms with Gasteiger partial charge >= 0.3 is 6.09 Å². The maximum Gasteiger partial charge on any atom is 0.411 e. The van der Waals surface area contributed by atoms with Gasteiger partial charge in [0.25, 0.3) is 0 Å². The van der Waals surface area contributed by atoms with Gasteiger partial charge in [0, 0.05) is 10.5 Å². The molecule has 6 heteroatoms. The number of hydrogen-bond acceptors (Lipinski definition) is 4. The molecule has 1 aromatic rings. The van der Waals surface area contributed by atoms with E-state index in [0.29, 0.717) is 18.3 Å². The summed E-state index contributed by atoms with van der Waals surface area (Å²) in [5.74, 6) is 0.725. The van der Waals surface area contributed by atoms with Crippen molar-refractivity contribution in [2.75, 3.05) is 32.6 Å². The normalized spacial score (nSPS) is 18.9. The number of nitrogens with zero attached hydrogens (tertiary/aromatic N) is 1. The van der Waals surface area contributed by atoms with E-state index in [2.05, 4.69) is 33.2 Å². The fourth-order valence-electron chi connectivity index (χ4n) is 2.23. The largest absolute Gasteiger partial charge is 0.497 e. The number of rotatable bonds is 4. The Labute approximate surface area is 127 Å². The molecule has 2 rings (SSSR count). The van der Waals surface area contributed by atoms with Crippen LogP contribution in [0.15, 0.2) is 22.7 Å². The molecule has 1 fully saturated rings. The number of likely N-dealkylation sites (N-methyl/N-ethyl adjacent to an activating group) is 1. The summed E-state index contributed by atoms with van der Waals surface area (Å²) in [7, 11) is 3.65. The Morgan fingerprint density at radius 1 is 1.55 bits per heavy atom. The number of carbonyl (C=O) groups is 1. The van der Waals surface area contributed by atoms with Gasteiger partial charge in [0.15, 0.2) is 0 Å². The first-order valence-electron chi connectivity index (χ1n) is 6.57. The van der Waals surface area contributed by atoms with Gasteiger partial charge in [-0.1, -0.05) is 0 Å². The molecule has 1 atom stereocenters. The van der Waals surface area contributed by atoms with Gasteiger partial charge in [-0.3, -0.25) is 5.32 Å². The van der Waals surface area contributed by atoms with Crippen molar-refractivity contribution in [3.05, 3.63) is 22.7 Å². The second-order valence-corrected chi connectivity index (χ2v) is 5.70. The number of halogens is 1. The Bertz CT molecular complexity index is 481. The van der Waals surface area contributed by atoms with Crippen molar-refractivity contribution in [1.29, 1.82) is 0 Å². The standard InChI is InChI=1S/C14H19BrN2O3/c1-17-7-3-4-10(17)9-20-14(18)16-13-6-5-11(19-2)8-12(13)15/h5-6,8,10H,3-4,7,9H2,1-2H3,(H,16,18)/t10-/m0/s1. The lowest BCUT2D eigenvalue weighted by Crippen LogP contribution is -2.31. The van der Waals surface area contributed by atoms with E-state index in [1.165, 1.54) is 0 Å². The van der Waals surface area contributed by atoms with Crippen molar-refractivity contribution >= 4 is 27.7 Å². The summed E-state index contributed by atoms with van der Waals surface area (Å²) in [6.45, 7) is 1.50. The lowest BCUT2D eigenvalue weighted by atomic mass is 10.2. The molecule has 1 N–H and O–H groups in total. The Hall–Kier alpha value is -1.27. The number of likely N-dealkylation sites (tertiary alicyclic amines) is 1.